The van der Waals surface area contributed by atoms with E-state index in [4.69, 9.17) is 4.74 Å². The molecule has 136 valence electrons. The minimum atomic E-state index is -0.567. The van der Waals surface area contributed by atoms with Crippen LogP contribution in [-0.2, 0) is 6.54 Å². The van der Waals surface area contributed by atoms with Crippen LogP contribution in [0.3, 0.4) is 0 Å². The molecule has 5 nitrogen and oxygen atoms in total. The van der Waals surface area contributed by atoms with Crippen molar-refractivity contribution in [3.05, 3.63) is 99.1 Å². The topological polar surface area (TPSA) is 55.6 Å². The highest BCUT2D eigenvalue weighted by Gasteiger charge is 2.34. The van der Waals surface area contributed by atoms with E-state index in [0.29, 0.717) is 12.1 Å². The van der Waals surface area contributed by atoms with Crippen molar-refractivity contribution in [3.8, 4) is 5.75 Å². The average molecular weight is 360 g/mol. The Morgan fingerprint density at radius 2 is 1.74 bits per heavy atom. The average Bonchev–Trinajstić information content (AvgIpc) is 2.68. The maximum atomic E-state index is 11.6. The summed E-state index contributed by atoms with van der Waals surface area (Å²) in [5.74, 6) is 0.809. The first-order chi connectivity index (χ1) is 13.0. The molecule has 0 N–H and O–H groups in total. The second kappa shape index (κ2) is 6.76. The summed E-state index contributed by atoms with van der Waals surface area (Å²) in [6, 6.07) is 21.0. The van der Waals surface area contributed by atoms with Gasteiger partial charge in [-0.05, 0) is 37.6 Å². The minimum Gasteiger partial charge on any atom is -0.465 e. The lowest BCUT2D eigenvalue weighted by molar-refractivity contribution is -0.386. The lowest BCUT2D eigenvalue weighted by Gasteiger charge is -2.39. The number of benzene rings is 3. The van der Waals surface area contributed by atoms with Crippen molar-refractivity contribution >= 4 is 11.4 Å². The number of ether oxygens (including phenoxy) is 1. The molecular formula is C22H20N2O3. The Morgan fingerprint density at radius 1 is 1.00 bits per heavy atom. The van der Waals surface area contributed by atoms with Gasteiger partial charge in [0.1, 0.15) is 5.75 Å². The summed E-state index contributed by atoms with van der Waals surface area (Å²) in [5, 5.41) is 11.6. The molecule has 1 heterocycles. The number of nitro groups is 1. The van der Waals surface area contributed by atoms with Crippen LogP contribution >= 0.6 is 0 Å². The van der Waals surface area contributed by atoms with Gasteiger partial charge in [0, 0.05) is 17.3 Å². The molecule has 0 saturated carbocycles. The van der Waals surface area contributed by atoms with Gasteiger partial charge in [-0.3, -0.25) is 10.1 Å². The second-order valence-electron chi connectivity index (χ2n) is 6.81. The second-order valence-corrected chi connectivity index (χ2v) is 6.81. The van der Waals surface area contributed by atoms with Crippen LogP contribution in [0.1, 0.15) is 28.5 Å². The summed E-state index contributed by atoms with van der Waals surface area (Å²) in [6.07, 6.45) is -0.567. The molecule has 0 aliphatic carbocycles. The van der Waals surface area contributed by atoms with Crippen molar-refractivity contribution in [3.63, 3.8) is 0 Å². The number of rotatable bonds is 3. The van der Waals surface area contributed by atoms with Gasteiger partial charge in [0.25, 0.3) is 5.69 Å². The number of nitro benzene ring substituents is 1. The molecule has 3 aromatic carbocycles. The fourth-order valence-electron chi connectivity index (χ4n) is 3.50. The third-order valence-corrected chi connectivity index (χ3v) is 4.91. The van der Waals surface area contributed by atoms with Crippen LogP contribution in [0.2, 0.25) is 0 Å². The fraction of sp³-hybridized carbons (Fsp3) is 0.182. The molecule has 1 atom stereocenters. The number of anilines is 1. The molecule has 1 aliphatic rings. The zero-order valence-corrected chi connectivity index (χ0v) is 15.3. The van der Waals surface area contributed by atoms with E-state index in [9.17, 15) is 10.1 Å². The summed E-state index contributed by atoms with van der Waals surface area (Å²) in [6.45, 7) is 4.66. The van der Waals surface area contributed by atoms with Crippen LogP contribution in [0.5, 0.6) is 5.75 Å². The molecular weight excluding hydrogens is 340 g/mol. The van der Waals surface area contributed by atoms with Crippen molar-refractivity contribution in [2.24, 2.45) is 0 Å². The first-order valence-corrected chi connectivity index (χ1v) is 8.86. The molecule has 0 bridgehead atoms. The summed E-state index contributed by atoms with van der Waals surface area (Å²) in [5.41, 5.74) is 4.85. The van der Waals surface area contributed by atoms with Gasteiger partial charge in [0.2, 0.25) is 6.23 Å². The maximum Gasteiger partial charge on any atom is 0.278 e. The third kappa shape index (κ3) is 3.12. The lowest BCUT2D eigenvalue weighted by atomic mass is 10.0. The van der Waals surface area contributed by atoms with Gasteiger partial charge >= 0.3 is 0 Å². The Kier molecular flexibility index (Phi) is 4.28. The van der Waals surface area contributed by atoms with Crippen molar-refractivity contribution in [1.29, 1.82) is 0 Å². The predicted molar refractivity (Wildman–Crippen MR) is 105 cm³/mol. The Labute approximate surface area is 158 Å². The summed E-state index contributed by atoms with van der Waals surface area (Å²) < 4.78 is 6.36. The molecule has 1 aliphatic heterocycles. The largest absolute Gasteiger partial charge is 0.465 e. The Balaban J connectivity index is 1.87. The first kappa shape index (κ1) is 17.1. The van der Waals surface area contributed by atoms with Gasteiger partial charge in [-0.25, -0.2) is 0 Å². The highest BCUT2D eigenvalue weighted by molar-refractivity contribution is 5.56. The van der Waals surface area contributed by atoms with E-state index in [1.54, 1.807) is 12.1 Å². The monoisotopic (exact) mass is 360 g/mol. The number of fused-ring (bicyclic) bond motifs is 1. The molecule has 1 unspecified atom stereocenters. The van der Waals surface area contributed by atoms with Crippen molar-refractivity contribution in [1.82, 2.24) is 0 Å². The van der Waals surface area contributed by atoms with Crippen LogP contribution in [0, 0.1) is 24.0 Å². The normalized spacial score (nSPS) is 15.8. The van der Waals surface area contributed by atoms with E-state index in [1.807, 2.05) is 62.4 Å². The van der Waals surface area contributed by atoms with Gasteiger partial charge in [0.15, 0.2) is 0 Å². The Hall–Kier alpha value is -3.34. The van der Waals surface area contributed by atoms with E-state index < -0.39 is 6.23 Å². The van der Waals surface area contributed by atoms with Gasteiger partial charge in [-0.2, -0.15) is 0 Å². The molecule has 0 spiro atoms. The standard InChI is InChI=1S/C22H20N2O3/c1-15-10-12-18(13-11-15)23-14-17-7-5-6-16(2)21(17)27-22(23)19-8-3-4-9-20(19)24(25)26/h3-13,22H,14H2,1-2H3. The van der Waals surface area contributed by atoms with Crippen LogP contribution < -0.4 is 9.64 Å². The number of nitrogens with zero attached hydrogens (tertiary/aromatic N) is 2. The van der Waals surface area contributed by atoms with Crippen LogP contribution in [0.4, 0.5) is 11.4 Å². The van der Waals surface area contributed by atoms with Crippen LogP contribution in [0.15, 0.2) is 66.7 Å². The molecule has 3 aromatic rings. The number of hydrogen-bond donors (Lipinski definition) is 0. The zero-order chi connectivity index (χ0) is 19.0. The quantitative estimate of drug-likeness (QED) is 0.469. The lowest BCUT2D eigenvalue weighted by Crippen LogP contribution is -2.36. The van der Waals surface area contributed by atoms with Gasteiger partial charge in [-0.15, -0.1) is 0 Å². The van der Waals surface area contributed by atoms with Gasteiger partial charge in [-0.1, -0.05) is 48.0 Å². The molecule has 27 heavy (non-hydrogen) atoms. The van der Waals surface area contributed by atoms with E-state index in [1.165, 1.54) is 6.07 Å². The van der Waals surface area contributed by atoms with Crippen molar-refractivity contribution in [2.75, 3.05) is 4.90 Å². The van der Waals surface area contributed by atoms with Crippen molar-refractivity contribution in [2.45, 2.75) is 26.6 Å². The molecule has 0 amide bonds. The van der Waals surface area contributed by atoms with E-state index in [2.05, 4.69) is 4.90 Å². The van der Waals surface area contributed by atoms with E-state index >= 15 is 0 Å². The van der Waals surface area contributed by atoms with Crippen LogP contribution in [-0.4, -0.2) is 4.92 Å². The Bertz CT molecular complexity index is 999. The molecule has 0 aromatic heterocycles. The summed E-state index contributed by atoms with van der Waals surface area (Å²) in [4.78, 5) is 13.3. The van der Waals surface area contributed by atoms with Crippen molar-refractivity contribution < 1.29 is 9.66 Å². The predicted octanol–water partition coefficient (Wildman–Crippen LogP) is 5.31. The maximum absolute atomic E-state index is 11.6. The Morgan fingerprint density at radius 3 is 2.48 bits per heavy atom. The number of aryl methyl sites for hydroxylation is 2. The van der Waals surface area contributed by atoms with E-state index in [-0.39, 0.29) is 10.6 Å². The minimum absolute atomic E-state index is 0.0663. The fourth-order valence-corrected chi connectivity index (χ4v) is 3.50. The SMILES string of the molecule is Cc1ccc(N2Cc3cccc(C)c3OC2c2ccccc2[N+](=O)[O-])cc1. The van der Waals surface area contributed by atoms with E-state index in [0.717, 1.165) is 28.1 Å². The zero-order valence-electron chi connectivity index (χ0n) is 15.3. The molecule has 5 heteroatoms. The van der Waals surface area contributed by atoms with Gasteiger partial charge < -0.3 is 9.64 Å². The smallest absolute Gasteiger partial charge is 0.278 e. The number of para-hydroxylation sites is 2. The highest BCUT2D eigenvalue weighted by Crippen LogP contribution is 2.42. The number of hydrogen-bond acceptors (Lipinski definition) is 4. The van der Waals surface area contributed by atoms with Crippen LogP contribution in [0.25, 0.3) is 0 Å². The first-order valence-electron chi connectivity index (χ1n) is 8.86. The molecule has 0 fully saturated rings. The highest BCUT2D eigenvalue weighted by atomic mass is 16.6. The molecule has 0 radical (unpaired) electrons. The molecule has 0 saturated heterocycles. The third-order valence-electron chi connectivity index (χ3n) is 4.91. The summed E-state index contributed by atoms with van der Waals surface area (Å²) in [7, 11) is 0. The summed E-state index contributed by atoms with van der Waals surface area (Å²) >= 11 is 0. The van der Waals surface area contributed by atoms with Gasteiger partial charge in [0.05, 0.1) is 17.0 Å². The molecule has 4 rings (SSSR count).